The van der Waals surface area contributed by atoms with Crippen LogP contribution in [-0.4, -0.2) is 41.7 Å². The number of carbonyl (C=O) groups is 2. The number of carboxylic acids is 1. The van der Waals surface area contributed by atoms with E-state index in [1.54, 1.807) is 13.8 Å². The molecule has 0 saturated carbocycles. The van der Waals surface area contributed by atoms with Crippen LogP contribution in [0.15, 0.2) is 12.1 Å². The Morgan fingerprint density at radius 1 is 1.24 bits per heavy atom. The van der Waals surface area contributed by atoms with Gasteiger partial charge in [0.15, 0.2) is 11.5 Å². The van der Waals surface area contributed by atoms with Crippen molar-refractivity contribution in [2.45, 2.75) is 26.7 Å². The lowest BCUT2D eigenvalue weighted by atomic mass is 9.82. The van der Waals surface area contributed by atoms with E-state index < -0.39 is 27.9 Å². The van der Waals surface area contributed by atoms with Crippen molar-refractivity contribution in [3.05, 3.63) is 27.8 Å². The molecule has 25 heavy (non-hydrogen) atoms. The van der Waals surface area contributed by atoms with Crippen molar-refractivity contribution in [3.8, 4) is 11.5 Å². The number of amides is 1. The Hall–Kier alpha value is -2.84. The fourth-order valence-corrected chi connectivity index (χ4v) is 2.63. The van der Waals surface area contributed by atoms with Crippen LogP contribution in [0.5, 0.6) is 11.5 Å². The van der Waals surface area contributed by atoms with Gasteiger partial charge in [0.25, 0.3) is 11.6 Å². The van der Waals surface area contributed by atoms with Crippen LogP contribution in [0.25, 0.3) is 0 Å². The Balaban J connectivity index is 2.29. The van der Waals surface area contributed by atoms with Crippen LogP contribution in [0.2, 0.25) is 0 Å². The van der Waals surface area contributed by atoms with Crippen molar-refractivity contribution in [2.75, 3.05) is 19.8 Å². The maximum Gasteiger partial charge on any atom is 0.311 e. The van der Waals surface area contributed by atoms with Crippen molar-refractivity contribution < 1.29 is 29.1 Å². The van der Waals surface area contributed by atoms with E-state index in [9.17, 15) is 24.8 Å². The van der Waals surface area contributed by atoms with Gasteiger partial charge in [0, 0.05) is 12.6 Å². The lowest BCUT2D eigenvalue weighted by molar-refractivity contribution is -0.385. The number of aliphatic carboxylic acids is 1. The summed E-state index contributed by atoms with van der Waals surface area (Å²) in [5.74, 6) is -1.29. The summed E-state index contributed by atoms with van der Waals surface area (Å²) in [6.07, 6.45) is 0.644. The third-order valence-electron chi connectivity index (χ3n) is 4.50. The number of nitro groups is 1. The second-order valence-electron chi connectivity index (χ2n) is 5.75. The fourth-order valence-electron chi connectivity index (χ4n) is 2.63. The molecule has 0 atom stereocenters. The van der Waals surface area contributed by atoms with Crippen molar-refractivity contribution in [2.24, 2.45) is 5.41 Å². The Kier molecular flexibility index (Phi) is 5.45. The van der Waals surface area contributed by atoms with Crippen LogP contribution < -0.4 is 14.8 Å². The van der Waals surface area contributed by atoms with Crippen molar-refractivity contribution in [3.63, 3.8) is 0 Å². The molecule has 0 saturated heterocycles. The minimum Gasteiger partial charge on any atom is -0.486 e. The molecule has 1 aliphatic rings. The number of nitrogens with zero attached hydrogens (tertiary/aromatic N) is 1. The van der Waals surface area contributed by atoms with E-state index in [4.69, 9.17) is 9.47 Å². The average Bonchev–Trinajstić information content (AvgIpc) is 2.61. The second-order valence-corrected chi connectivity index (χ2v) is 5.75. The highest BCUT2D eigenvalue weighted by Crippen LogP contribution is 2.36. The highest BCUT2D eigenvalue weighted by atomic mass is 16.6. The molecule has 2 N–H and O–H groups in total. The molecule has 0 bridgehead atoms. The zero-order valence-corrected chi connectivity index (χ0v) is 14.0. The van der Waals surface area contributed by atoms with Gasteiger partial charge >= 0.3 is 5.97 Å². The summed E-state index contributed by atoms with van der Waals surface area (Å²) < 4.78 is 10.6. The molecule has 9 nitrogen and oxygen atoms in total. The maximum absolute atomic E-state index is 12.5. The molecular formula is C16H20N2O7. The van der Waals surface area contributed by atoms with Gasteiger partial charge in [-0.25, -0.2) is 0 Å². The highest BCUT2D eigenvalue weighted by molar-refractivity contribution is 5.99. The summed E-state index contributed by atoms with van der Waals surface area (Å²) in [5, 5.41) is 23.2. The average molecular weight is 352 g/mol. The van der Waals surface area contributed by atoms with Crippen LogP contribution in [0.4, 0.5) is 5.69 Å². The molecule has 0 spiro atoms. The third-order valence-corrected chi connectivity index (χ3v) is 4.50. The van der Waals surface area contributed by atoms with Crippen LogP contribution in [0, 0.1) is 15.5 Å². The van der Waals surface area contributed by atoms with Crippen molar-refractivity contribution >= 4 is 17.6 Å². The second kappa shape index (κ2) is 7.37. The van der Waals surface area contributed by atoms with Gasteiger partial charge < -0.3 is 19.9 Å². The first-order valence-corrected chi connectivity index (χ1v) is 7.94. The summed E-state index contributed by atoms with van der Waals surface area (Å²) in [7, 11) is 0. The van der Waals surface area contributed by atoms with E-state index in [-0.39, 0.29) is 36.8 Å². The number of nitrogens with one attached hydrogen (secondary N) is 1. The SMILES string of the molecule is CCC(CC)(CNC(=O)c1cc2c(cc1[N+](=O)[O-])OCCO2)C(=O)O. The number of benzene rings is 1. The first-order valence-electron chi connectivity index (χ1n) is 7.94. The maximum atomic E-state index is 12.5. The quantitative estimate of drug-likeness (QED) is 0.567. The molecule has 0 aromatic heterocycles. The topological polar surface area (TPSA) is 128 Å². The molecule has 1 aromatic carbocycles. The standard InChI is InChI=1S/C16H20N2O7/c1-3-16(4-2,15(20)21)9-17-14(19)10-7-12-13(25-6-5-24-12)8-11(10)18(22)23/h7-8H,3-6,9H2,1-2H3,(H,17,19)(H,20,21). The number of carboxylic acid groups (broad SMARTS) is 1. The zero-order valence-electron chi connectivity index (χ0n) is 14.0. The van der Waals surface area contributed by atoms with E-state index in [1.165, 1.54) is 6.07 Å². The minimum atomic E-state index is -1.11. The van der Waals surface area contributed by atoms with E-state index in [0.29, 0.717) is 12.8 Å². The summed E-state index contributed by atoms with van der Waals surface area (Å²) in [6, 6.07) is 2.40. The number of fused-ring (bicyclic) bond motifs is 1. The van der Waals surface area contributed by atoms with Gasteiger partial charge in [-0.15, -0.1) is 0 Å². The van der Waals surface area contributed by atoms with Gasteiger partial charge in [0.05, 0.1) is 16.4 Å². The van der Waals surface area contributed by atoms with Crippen LogP contribution in [0.3, 0.4) is 0 Å². The van der Waals surface area contributed by atoms with Crippen LogP contribution >= 0.6 is 0 Å². The van der Waals surface area contributed by atoms with Gasteiger partial charge in [-0.2, -0.15) is 0 Å². The summed E-state index contributed by atoms with van der Waals surface area (Å²) in [6.45, 7) is 3.86. The predicted molar refractivity (Wildman–Crippen MR) is 87.1 cm³/mol. The van der Waals surface area contributed by atoms with E-state index in [2.05, 4.69) is 5.32 Å². The Labute approximate surface area is 144 Å². The molecule has 2 rings (SSSR count). The molecular weight excluding hydrogens is 332 g/mol. The highest BCUT2D eigenvalue weighted by Gasteiger charge is 2.36. The lowest BCUT2D eigenvalue weighted by Crippen LogP contribution is -2.42. The van der Waals surface area contributed by atoms with Crippen LogP contribution in [0.1, 0.15) is 37.0 Å². The molecule has 0 unspecified atom stereocenters. The predicted octanol–water partition coefficient (Wildman–Crippen LogP) is 1.99. The molecule has 136 valence electrons. The van der Waals surface area contributed by atoms with Gasteiger partial charge in [-0.05, 0) is 12.8 Å². The van der Waals surface area contributed by atoms with E-state index in [0.717, 1.165) is 6.07 Å². The Morgan fingerprint density at radius 2 is 1.80 bits per heavy atom. The monoisotopic (exact) mass is 352 g/mol. The number of nitro benzene ring substituents is 1. The normalized spacial score (nSPS) is 13.2. The lowest BCUT2D eigenvalue weighted by Gasteiger charge is -2.27. The van der Waals surface area contributed by atoms with Gasteiger partial charge in [0.1, 0.15) is 18.8 Å². The summed E-state index contributed by atoms with van der Waals surface area (Å²) in [5.41, 5.74) is -1.73. The first kappa shape index (κ1) is 18.5. The van der Waals surface area contributed by atoms with E-state index >= 15 is 0 Å². The van der Waals surface area contributed by atoms with E-state index in [1.807, 2.05) is 0 Å². The number of carbonyl (C=O) groups excluding carboxylic acids is 1. The third kappa shape index (κ3) is 3.65. The Morgan fingerprint density at radius 3 is 2.28 bits per heavy atom. The van der Waals surface area contributed by atoms with Gasteiger partial charge in [0.2, 0.25) is 0 Å². The van der Waals surface area contributed by atoms with Crippen molar-refractivity contribution in [1.29, 1.82) is 0 Å². The molecule has 9 heteroatoms. The summed E-state index contributed by atoms with van der Waals surface area (Å²) in [4.78, 5) is 34.5. The Bertz CT molecular complexity index is 698. The number of rotatable bonds is 7. The number of hydrogen-bond donors (Lipinski definition) is 2. The van der Waals surface area contributed by atoms with Gasteiger partial charge in [-0.3, -0.25) is 19.7 Å². The molecule has 1 heterocycles. The van der Waals surface area contributed by atoms with Gasteiger partial charge in [-0.1, -0.05) is 13.8 Å². The van der Waals surface area contributed by atoms with Crippen LogP contribution in [-0.2, 0) is 4.79 Å². The minimum absolute atomic E-state index is 0.125. The van der Waals surface area contributed by atoms with Crippen molar-refractivity contribution in [1.82, 2.24) is 5.32 Å². The number of hydrogen-bond acceptors (Lipinski definition) is 6. The zero-order chi connectivity index (χ0) is 18.6. The smallest absolute Gasteiger partial charge is 0.311 e. The largest absolute Gasteiger partial charge is 0.486 e. The summed E-state index contributed by atoms with van der Waals surface area (Å²) >= 11 is 0. The molecule has 1 aliphatic heterocycles. The first-order chi connectivity index (χ1) is 11.8. The molecule has 0 fully saturated rings. The molecule has 0 aliphatic carbocycles. The molecule has 1 aromatic rings. The fraction of sp³-hybridized carbons (Fsp3) is 0.500. The number of ether oxygens (including phenoxy) is 2. The molecule has 1 amide bonds. The molecule has 0 radical (unpaired) electrons.